The molecule has 0 fully saturated rings. The van der Waals surface area contributed by atoms with Crippen LogP contribution in [0.3, 0.4) is 0 Å². The second kappa shape index (κ2) is 45.3. The van der Waals surface area contributed by atoms with Crippen LogP contribution in [0.25, 0.3) is 0 Å². The summed E-state index contributed by atoms with van der Waals surface area (Å²) >= 11 is 0. The van der Waals surface area contributed by atoms with Crippen LogP contribution in [-0.2, 0) is 28.6 Å². The van der Waals surface area contributed by atoms with Gasteiger partial charge in [-0.1, -0.05) is 164 Å². The van der Waals surface area contributed by atoms with Crippen molar-refractivity contribution in [1.82, 2.24) is 0 Å². The van der Waals surface area contributed by atoms with E-state index < -0.39 is 6.10 Å². The number of hydrogen-bond acceptors (Lipinski definition) is 6. The summed E-state index contributed by atoms with van der Waals surface area (Å²) in [5.41, 5.74) is 0. The Bertz CT molecular complexity index is 1140. The number of ether oxygens (including phenoxy) is 3. The Morgan fingerprint density at radius 3 is 1.21 bits per heavy atom. The Balaban J connectivity index is 4.47. The summed E-state index contributed by atoms with van der Waals surface area (Å²) in [6.07, 6.45) is 57.1. The van der Waals surface area contributed by atoms with Gasteiger partial charge >= 0.3 is 17.9 Å². The monoisotopic (exact) mass is 793 g/mol. The third-order valence-electron chi connectivity index (χ3n) is 9.39. The molecular weight excluding hydrogens is 709 g/mol. The minimum absolute atomic E-state index is 0.104. The van der Waals surface area contributed by atoms with Gasteiger partial charge in [-0.15, -0.1) is 0 Å². The van der Waals surface area contributed by atoms with Gasteiger partial charge < -0.3 is 14.2 Å². The minimum atomic E-state index is -0.805. The summed E-state index contributed by atoms with van der Waals surface area (Å²) < 4.78 is 16.7. The second-order valence-electron chi connectivity index (χ2n) is 14.9. The van der Waals surface area contributed by atoms with Gasteiger partial charge in [-0.25, -0.2) is 0 Å². The summed E-state index contributed by atoms with van der Waals surface area (Å²) in [5, 5.41) is 0. The molecule has 0 aromatic heterocycles. The topological polar surface area (TPSA) is 78.9 Å². The van der Waals surface area contributed by atoms with Gasteiger partial charge in [0.15, 0.2) is 6.10 Å². The maximum Gasteiger partial charge on any atom is 0.306 e. The van der Waals surface area contributed by atoms with Gasteiger partial charge in [0.1, 0.15) is 13.2 Å². The Labute approximate surface area is 350 Å². The van der Waals surface area contributed by atoms with Gasteiger partial charge in [0.2, 0.25) is 0 Å². The Morgan fingerprint density at radius 2 is 0.737 bits per heavy atom. The van der Waals surface area contributed by atoms with E-state index in [0.717, 1.165) is 109 Å². The summed E-state index contributed by atoms with van der Waals surface area (Å²) in [5.74, 6) is -0.978. The van der Waals surface area contributed by atoms with Crippen molar-refractivity contribution in [2.24, 2.45) is 0 Å². The van der Waals surface area contributed by atoms with Crippen LogP contribution in [0.15, 0.2) is 85.1 Å². The third kappa shape index (κ3) is 43.6. The van der Waals surface area contributed by atoms with Crippen molar-refractivity contribution in [3.63, 3.8) is 0 Å². The highest BCUT2D eigenvalue weighted by Gasteiger charge is 2.19. The zero-order chi connectivity index (χ0) is 41.5. The quantitative estimate of drug-likeness (QED) is 0.0202. The molecule has 0 aliphatic heterocycles. The molecule has 0 spiro atoms. The molecule has 6 nitrogen and oxygen atoms in total. The molecule has 0 saturated heterocycles. The van der Waals surface area contributed by atoms with Gasteiger partial charge in [0, 0.05) is 19.3 Å². The Hall–Kier alpha value is -3.41. The first kappa shape index (κ1) is 53.6. The zero-order valence-electron chi connectivity index (χ0n) is 36.8. The molecule has 0 heterocycles. The van der Waals surface area contributed by atoms with E-state index in [2.05, 4.69) is 106 Å². The molecule has 6 heteroatoms. The van der Waals surface area contributed by atoms with Crippen LogP contribution in [0, 0.1) is 0 Å². The van der Waals surface area contributed by atoms with Crippen LogP contribution in [0.4, 0.5) is 0 Å². The van der Waals surface area contributed by atoms with E-state index in [-0.39, 0.29) is 37.5 Å². The largest absolute Gasteiger partial charge is 0.462 e. The zero-order valence-corrected chi connectivity index (χ0v) is 36.8. The molecule has 0 amide bonds. The lowest BCUT2D eigenvalue weighted by Crippen LogP contribution is -2.30. The molecule has 1 atom stereocenters. The Kier molecular flexibility index (Phi) is 42.6. The average Bonchev–Trinajstić information content (AvgIpc) is 3.21. The molecule has 0 aromatic rings. The molecule has 0 bridgehead atoms. The SMILES string of the molecule is CC/C=C\C/C=C\C/C=C\CCCCC(=O)OC(COC(=O)CCCCCCC/C=C\C/C=C\CC)COC(=O)CCCCCCCC/C=C\C=C/CCCCC. The van der Waals surface area contributed by atoms with Gasteiger partial charge in [0.25, 0.3) is 0 Å². The predicted octanol–water partition coefficient (Wildman–Crippen LogP) is 14.9. The second-order valence-corrected chi connectivity index (χ2v) is 14.9. The standard InChI is InChI=1S/C51H84O6/c1-4-7-10-13-16-19-22-25-26-27-30-32-35-38-41-44-50(53)56-47-48(57-51(54)45-42-39-36-33-29-24-21-18-15-12-9-6-3)46-55-49(52)43-40-37-34-31-28-23-20-17-14-11-8-5-2/h8-9,11-12,16-22,25,29,33,48H,4-7,10,13-15,23-24,26-28,30-32,34-47H2,1-3H3/b11-8-,12-9-,19-16-,20-17-,21-18-,25-22-,33-29-. The van der Waals surface area contributed by atoms with Crippen LogP contribution in [0.5, 0.6) is 0 Å². The van der Waals surface area contributed by atoms with E-state index in [4.69, 9.17) is 14.2 Å². The number of hydrogen-bond donors (Lipinski definition) is 0. The smallest absolute Gasteiger partial charge is 0.306 e. The molecule has 57 heavy (non-hydrogen) atoms. The first-order valence-electron chi connectivity index (χ1n) is 23.1. The van der Waals surface area contributed by atoms with E-state index in [1.165, 1.54) is 44.9 Å². The van der Waals surface area contributed by atoms with E-state index in [1.807, 2.05) is 0 Å². The van der Waals surface area contributed by atoms with Gasteiger partial charge in [-0.2, -0.15) is 0 Å². The van der Waals surface area contributed by atoms with Crippen LogP contribution < -0.4 is 0 Å². The van der Waals surface area contributed by atoms with Crippen molar-refractivity contribution in [2.45, 2.75) is 207 Å². The molecule has 0 aliphatic carbocycles. The highest BCUT2D eigenvalue weighted by atomic mass is 16.6. The molecule has 0 rings (SSSR count). The molecule has 0 saturated carbocycles. The first-order chi connectivity index (χ1) is 28.0. The number of esters is 3. The van der Waals surface area contributed by atoms with E-state index in [1.54, 1.807) is 0 Å². The number of allylic oxidation sites excluding steroid dienone is 14. The maximum atomic E-state index is 12.7. The highest BCUT2D eigenvalue weighted by Crippen LogP contribution is 2.12. The fourth-order valence-corrected chi connectivity index (χ4v) is 5.95. The van der Waals surface area contributed by atoms with Gasteiger partial charge in [-0.3, -0.25) is 14.4 Å². The fourth-order valence-electron chi connectivity index (χ4n) is 5.95. The molecule has 0 aliphatic rings. The molecule has 0 radical (unpaired) electrons. The minimum Gasteiger partial charge on any atom is -0.462 e. The van der Waals surface area contributed by atoms with Gasteiger partial charge in [0.05, 0.1) is 0 Å². The first-order valence-corrected chi connectivity index (χ1v) is 23.1. The van der Waals surface area contributed by atoms with Crippen LogP contribution in [0.1, 0.15) is 201 Å². The maximum absolute atomic E-state index is 12.7. The summed E-state index contributed by atoms with van der Waals surface area (Å²) in [4.78, 5) is 37.8. The molecule has 324 valence electrons. The number of rotatable bonds is 40. The van der Waals surface area contributed by atoms with Gasteiger partial charge in [-0.05, 0) is 103 Å². The van der Waals surface area contributed by atoms with Crippen LogP contribution in [0.2, 0.25) is 0 Å². The van der Waals surface area contributed by atoms with E-state index in [9.17, 15) is 14.4 Å². The lowest BCUT2D eigenvalue weighted by Gasteiger charge is -2.18. The summed E-state index contributed by atoms with van der Waals surface area (Å²) in [7, 11) is 0. The molecule has 0 N–H and O–H groups in total. The lowest BCUT2D eigenvalue weighted by atomic mass is 10.1. The molecule has 0 aromatic carbocycles. The number of unbranched alkanes of at least 4 members (excludes halogenated alkanes) is 16. The normalized spacial score (nSPS) is 12.8. The third-order valence-corrected chi connectivity index (χ3v) is 9.39. The van der Waals surface area contributed by atoms with E-state index in [0.29, 0.717) is 19.3 Å². The molecule has 1 unspecified atom stereocenters. The number of carbonyl (C=O) groups is 3. The van der Waals surface area contributed by atoms with Crippen molar-refractivity contribution in [3.8, 4) is 0 Å². The van der Waals surface area contributed by atoms with Crippen LogP contribution >= 0.6 is 0 Å². The summed E-state index contributed by atoms with van der Waals surface area (Å²) in [6, 6.07) is 0. The van der Waals surface area contributed by atoms with Crippen LogP contribution in [-0.4, -0.2) is 37.2 Å². The van der Waals surface area contributed by atoms with E-state index >= 15 is 0 Å². The van der Waals surface area contributed by atoms with Crippen molar-refractivity contribution >= 4 is 17.9 Å². The van der Waals surface area contributed by atoms with Crippen molar-refractivity contribution in [1.29, 1.82) is 0 Å². The number of carbonyl (C=O) groups excluding carboxylic acids is 3. The molecular formula is C51H84O6. The predicted molar refractivity (Wildman–Crippen MR) is 242 cm³/mol. The summed E-state index contributed by atoms with van der Waals surface area (Å²) in [6.45, 7) is 6.30. The highest BCUT2D eigenvalue weighted by molar-refractivity contribution is 5.71. The van der Waals surface area contributed by atoms with Crippen molar-refractivity contribution in [3.05, 3.63) is 85.1 Å². The Morgan fingerprint density at radius 1 is 0.386 bits per heavy atom. The fraction of sp³-hybridized carbons (Fsp3) is 0.667. The van der Waals surface area contributed by atoms with Crippen molar-refractivity contribution < 1.29 is 28.6 Å². The lowest BCUT2D eigenvalue weighted by molar-refractivity contribution is -0.167. The van der Waals surface area contributed by atoms with Crippen molar-refractivity contribution in [2.75, 3.05) is 13.2 Å². The average molecular weight is 793 g/mol.